The summed E-state index contributed by atoms with van der Waals surface area (Å²) in [7, 11) is 1.61. The van der Waals surface area contributed by atoms with Crippen molar-refractivity contribution in [2.75, 3.05) is 18.2 Å². The highest BCUT2D eigenvalue weighted by Crippen LogP contribution is 2.26. The lowest BCUT2D eigenvalue weighted by Gasteiger charge is -2.18. The van der Waals surface area contributed by atoms with Crippen LogP contribution < -0.4 is 15.4 Å². The minimum atomic E-state index is -0.406. The number of hydrogen-bond acceptors (Lipinski definition) is 6. The molecule has 0 aliphatic rings. The van der Waals surface area contributed by atoms with Gasteiger partial charge in [-0.05, 0) is 33.8 Å². The van der Waals surface area contributed by atoms with Crippen LogP contribution in [-0.4, -0.2) is 35.1 Å². The molecular weight excluding hydrogens is 366 g/mol. The van der Waals surface area contributed by atoms with Crippen molar-refractivity contribution in [1.29, 1.82) is 0 Å². The molecule has 0 radical (unpaired) electrons. The van der Waals surface area contributed by atoms with E-state index in [4.69, 9.17) is 9.26 Å². The Balaban J connectivity index is 1.84. The second-order valence-electron chi connectivity index (χ2n) is 6.30. The van der Waals surface area contributed by atoms with Crippen LogP contribution in [0.25, 0.3) is 0 Å². The second-order valence-corrected chi connectivity index (χ2v) is 7.63. The molecule has 27 heavy (non-hydrogen) atoms. The van der Waals surface area contributed by atoms with E-state index in [2.05, 4.69) is 15.8 Å². The number of methoxy groups -OCH3 is 1. The second kappa shape index (κ2) is 9.45. The molecule has 1 heterocycles. The third-order valence-electron chi connectivity index (χ3n) is 3.94. The third kappa shape index (κ3) is 6.02. The van der Waals surface area contributed by atoms with E-state index >= 15 is 0 Å². The number of thioether (sulfide) groups is 1. The van der Waals surface area contributed by atoms with Crippen molar-refractivity contribution in [3.63, 3.8) is 0 Å². The Labute approximate surface area is 163 Å². The number of nitrogens with one attached hydrogen (secondary N) is 2. The predicted octanol–water partition coefficient (Wildman–Crippen LogP) is 3.24. The van der Waals surface area contributed by atoms with Crippen LogP contribution in [0, 0.1) is 13.8 Å². The number of rotatable bonds is 8. The van der Waals surface area contributed by atoms with Crippen molar-refractivity contribution in [3.8, 4) is 5.75 Å². The van der Waals surface area contributed by atoms with Crippen molar-refractivity contribution < 1.29 is 18.8 Å². The van der Waals surface area contributed by atoms with Gasteiger partial charge in [0, 0.05) is 11.6 Å². The van der Waals surface area contributed by atoms with E-state index in [-0.39, 0.29) is 23.6 Å². The lowest BCUT2D eigenvalue weighted by molar-refractivity contribution is -0.119. The van der Waals surface area contributed by atoms with Crippen molar-refractivity contribution in [2.24, 2.45) is 0 Å². The summed E-state index contributed by atoms with van der Waals surface area (Å²) in [6.07, 6.45) is 0. The van der Waals surface area contributed by atoms with Crippen LogP contribution in [0.15, 0.2) is 28.8 Å². The number of carbonyl (C=O) groups excluding carboxylic acids is 2. The molecule has 2 rings (SSSR count). The van der Waals surface area contributed by atoms with Crippen LogP contribution in [0.2, 0.25) is 0 Å². The summed E-state index contributed by atoms with van der Waals surface area (Å²) < 4.78 is 10.3. The fraction of sp³-hybridized carbons (Fsp3) is 0.421. The van der Waals surface area contributed by atoms with E-state index in [1.54, 1.807) is 27.0 Å². The molecule has 2 atom stereocenters. The summed E-state index contributed by atoms with van der Waals surface area (Å²) in [6.45, 7) is 7.38. The number of aromatic nitrogens is 1. The standard InChI is InChI=1S/C19H25N3O4S/c1-11-6-7-16(25-5)15(8-11)13(3)20-18(23)10-27-14(4)19(24)21-17-9-12(2)26-22-17/h6-9,13-14H,10H2,1-5H3,(H,20,23)(H,21,22,24)/t13-,14-/m1/s1. The molecule has 0 unspecified atom stereocenters. The Bertz CT molecular complexity index is 806. The molecule has 0 saturated carbocycles. The van der Waals surface area contributed by atoms with Crippen LogP contribution in [0.1, 0.15) is 36.8 Å². The molecule has 0 saturated heterocycles. The van der Waals surface area contributed by atoms with Gasteiger partial charge in [0.2, 0.25) is 11.8 Å². The van der Waals surface area contributed by atoms with Gasteiger partial charge in [-0.1, -0.05) is 22.9 Å². The average Bonchev–Trinajstić information content (AvgIpc) is 3.04. The number of aryl methyl sites for hydroxylation is 2. The molecule has 1 aromatic heterocycles. The zero-order valence-electron chi connectivity index (χ0n) is 16.2. The minimum absolute atomic E-state index is 0.145. The predicted molar refractivity (Wildman–Crippen MR) is 106 cm³/mol. The summed E-state index contributed by atoms with van der Waals surface area (Å²) in [4.78, 5) is 24.4. The van der Waals surface area contributed by atoms with Crippen molar-refractivity contribution >= 4 is 29.4 Å². The van der Waals surface area contributed by atoms with Crippen LogP contribution in [0.3, 0.4) is 0 Å². The number of nitrogens with zero attached hydrogens (tertiary/aromatic N) is 1. The molecule has 0 aliphatic carbocycles. The number of hydrogen-bond donors (Lipinski definition) is 2. The highest BCUT2D eigenvalue weighted by atomic mass is 32.2. The van der Waals surface area contributed by atoms with Gasteiger partial charge in [0.25, 0.3) is 0 Å². The largest absolute Gasteiger partial charge is 0.496 e. The van der Waals surface area contributed by atoms with Crippen molar-refractivity contribution in [2.45, 2.75) is 39.0 Å². The first-order valence-electron chi connectivity index (χ1n) is 8.59. The smallest absolute Gasteiger partial charge is 0.238 e. The van der Waals surface area contributed by atoms with Crippen LogP contribution in [0.5, 0.6) is 5.75 Å². The summed E-state index contributed by atoms with van der Waals surface area (Å²) in [5.74, 6) is 1.52. The maximum absolute atomic E-state index is 12.3. The van der Waals surface area contributed by atoms with Gasteiger partial charge in [0.1, 0.15) is 11.5 Å². The molecule has 2 N–H and O–H groups in total. The van der Waals surface area contributed by atoms with Gasteiger partial charge in [-0.15, -0.1) is 11.8 Å². The van der Waals surface area contributed by atoms with Crippen molar-refractivity contribution in [3.05, 3.63) is 41.2 Å². The topological polar surface area (TPSA) is 93.5 Å². The summed E-state index contributed by atoms with van der Waals surface area (Å²) >= 11 is 1.26. The lowest BCUT2D eigenvalue weighted by atomic mass is 10.0. The SMILES string of the molecule is COc1ccc(C)cc1[C@@H](C)NC(=O)CS[C@H](C)C(=O)Nc1cc(C)on1. The molecule has 0 bridgehead atoms. The molecule has 1 aromatic carbocycles. The van der Waals surface area contributed by atoms with Gasteiger partial charge in [-0.3, -0.25) is 9.59 Å². The molecule has 0 fully saturated rings. The van der Waals surface area contributed by atoms with Crippen molar-refractivity contribution in [1.82, 2.24) is 10.5 Å². The molecule has 0 aliphatic heterocycles. The van der Waals surface area contributed by atoms with Crippen LogP contribution >= 0.6 is 11.8 Å². The maximum atomic E-state index is 12.3. The Hall–Kier alpha value is -2.48. The fourth-order valence-corrected chi connectivity index (χ4v) is 3.18. The monoisotopic (exact) mass is 391 g/mol. The first-order chi connectivity index (χ1) is 12.8. The number of benzene rings is 1. The molecule has 146 valence electrons. The lowest BCUT2D eigenvalue weighted by Crippen LogP contribution is -2.30. The Kier molecular flexibility index (Phi) is 7.29. The van der Waals surface area contributed by atoms with Gasteiger partial charge in [0.15, 0.2) is 5.82 Å². The van der Waals surface area contributed by atoms with E-state index in [1.165, 1.54) is 11.8 Å². The summed E-state index contributed by atoms with van der Waals surface area (Å²) in [5.41, 5.74) is 2.01. The van der Waals surface area contributed by atoms with E-state index in [1.807, 2.05) is 32.0 Å². The van der Waals surface area contributed by atoms with Crippen LogP contribution in [-0.2, 0) is 9.59 Å². The maximum Gasteiger partial charge on any atom is 0.238 e. The Morgan fingerprint density at radius 1 is 1.26 bits per heavy atom. The Morgan fingerprint density at radius 2 is 2.00 bits per heavy atom. The zero-order valence-corrected chi connectivity index (χ0v) is 17.0. The normalized spacial score (nSPS) is 12.9. The van der Waals surface area contributed by atoms with Gasteiger partial charge in [-0.25, -0.2) is 0 Å². The summed E-state index contributed by atoms with van der Waals surface area (Å²) in [5, 5.41) is 8.92. The van der Waals surface area contributed by atoms with E-state index in [0.717, 1.165) is 16.9 Å². The molecular formula is C19H25N3O4S. The number of amides is 2. The summed E-state index contributed by atoms with van der Waals surface area (Å²) in [6, 6.07) is 7.28. The molecule has 2 aromatic rings. The third-order valence-corrected chi connectivity index (χ3v) is 5.09. The van der Waals surface area contributed by atoms with Gasteiger partial charge in [0.05, 0.1) is 24.2 Å². The van der Waals surface area contributed by atoms with Gasteiger partial charge in [-0.2, -0.15) is 0 Å². The molecule has 7 nitrogen and oxygen atoms in total. The average molecular weight is 391 g/mol. The zero-order chi connectivity index (χ0) is 20.0. The quantitative estimate of drug-likeness (QED) is 0.718. The molecule has 2 amide bonds. The van der Waals surface area contributed by atoms with E-state index < -0.39 is 5.25 Å². The molecule has 0 spiro atoms. The van der Waals surface area contributed by atoms with Gasteiger partial charge >= 0.3 is 0 Å². The van der Waals surface area contributed by atoms with Crippen LogP contribution in [0.4, 0.5) is 5.82 Å². The fourth-order valence-electron chi connectivity index (χ4n) is 2.48. The molecule has 8 heteroatoms. The first-order valence-corrected chi connectivity index (χ1v) is 9.64. The Morgan fingerprint density at radius 3 is 2.63 bits per heavy atom. The van der Waals surface area contributed by atoms with Gasteiger partial charge < -0.3 is 19.9 Å². The number of ether oxygens (including phenoxy) is 1. The van der Waals surface area contributed by atoms with E-state index in [9.17, 15) is 9.59 Å². The first kappa shape index (κ1) is 20.8. The highest BCUT2D eigenvalue weighted by molar-refractivity contribution is 8.01. The number of anilines is 1. The minimum Gasteiger partial charge on any atom is -0.496 e. The van der Waals surface area contributed by atoms with E-state index in [0.29, 0.717) is 11.6 Å². The number of carbonyl (C=O) groups is 2. The highest BCUT2D eigenvalue weighted by Gasteiger charge is 2.19.